The molecule has 2 unspecified atom stereocenters. The maximum absolute atomic E-state index is 11.6. The molecule has 0 aliphatic carbocycles. The molecule has 0 bridgehead atoms. The van der Waals surface area contributed by atoms with Crippen LogP contribution in [0.25, 0.3) is 0 Å². The standard InChI is InChI=1S/C10H21O6/c1-5-14-9(12-3)7-8-16-10(11,13-4)15-6-2/h9H,5-8H2,1-4H3. The third kappa shape index (κ3) is 6.37. The van der Waals surface area contributed by atoms with Crippen molar-refractivity contribution >= 4 is 0 Å². The Kier molecular flexibility index (Phi) is 8.73. The Morgan fingerprint density at radius 1 is 1.12 bits per heavy atom. The van der Waals surface area contributed by atoms with E-state index in [2.05, 4.69) is 4.74 Å². The Morgan fingerprint density at radius 2 is 1.81 bits per heavy atom. The molecule has 0 saturated carbocycles. The molecule has 1 radical (unpaired) electrons. The van der Waals surface area contributed by atoms with Crippen molar-refractivity contribution in [2.45, 2.75) is 32.7 Å². The van der Waals surface area contributed by atoms with Crippen LogP contribution in [0.3, 0.4) is 0 Å². The number of methoxy groups -OCH3 is 2. The van der Waals surface area contributed by atoms with Crippen molar-refractivity contribution in [3.05, 3.63) is 0 Å². The molecule has 0 saturated heterocycles. The fourth-order valence-electron chi connectivity index (χ4n) is 1.07. The molecule has 0 fully saturated rings. The van der Waals surface area contributed by atoms with Crippen molar-refractivity contribution < 1.29 is 28.8 Å². The van der Waals surface area contributed by atoms with Crippen LogP contribution in [0.2, 0.25) is 0 Å². The second kappa shape index (κ2) is 8.86. The predicted octanol–water partition coefficient (Wildman–Crippen LogP) is 1.13. The topological polar surface area (TPSA) is 66.1 Å². The molecule has 16 heavy (non-hydrogen) atoms. The maximum atomic E-state index is 11.6. The van der Waals surface area contributed by atoms with E-state index < -0.39 is 6.16 Å². The van der Waals surface area contributed by atoms with Crippen LogP contribution in [0, 0.1) is 0 Å². The molecule has 0 N–H and O–H groups in total. The van der Waals surface area contributed by atoms with E-state index in [0.717, 1.165) is 0 Å². The first-order valence-electron chi connectivity index (χ1n) is 5.29. The highest BCUT2D eigenvalue weighted by Gasteiger charge is 2.31. The summed E-state index contributed by atoms with van der Waals surface area (Å²) < 4.78 is 24.5. The van der Waals surface area contributed by atoms with Gasteiger partial charge in [0, 0.05) is 27.2 Å². The molecule has 0 aliphatic rings. The van der Waals surface area contributed by atoms with Gasteiger partial charge in [-0.1, -0.05) is 0 Å². The van der Waals surface area contributed by atoms with Gasteiger partial charge < -0.3 is 23.7 Å². The highest BCUT2D eigenvalue weighted by Crippen LogP contribution is 2.12. The lowest BCUT2D eigenvalue weighted by Gasteiger charge is -2.23. The lowest BCUT2D eigenvalue weighted by atomic mass is 10.4. The van der Waals surface area contributed by atoms with Gasteiger partial charge in [0.15, 0.2) is 6.29 Å². The van der Waals surface area contributed by atoms with Gasteiger partial charge in [0.05, 0.1) is 13.2 Å². The lowest BCUT2D eigenvalue weighted by molar-refractivity contribution is -0.501. The van der Waals surface area contributed by atoms with Gasteiger partial charge in [-0.2, -0.15) is 0 Å². The van der Waals surface area contributed by atoms with E-state index in [1.165, 1.54) is 14.2 Å². The van der Waals surface area contributed by atoms with Gasteiger partial charge in [-0.05, 0) is 13.8 Å². The molecule has 6 nitrogen and oxygen atoms in total. The molecular weight excluding hydrogens is 216 g/mol. The van der Waals surface area contributed by atoms with Crippen LogP contribution in [-0.2, 0) is 28.8 Å². The van der Waals surface area contributed by atoms with E-state index in [0.29, 0.717) is 13.0 Å². The highest BCUT2D eigenvalue weighted by atomic mass is 17.0. The zero-order valence-corrected chi connectivity index (χ0v) is 10.4. The van der Waals surface area contributed by atoms with Crippen LogP contribution in [0.5, 0.6) is 0 Å². The molecule has 0 rings (SSSR count). The summed E-state index contributed by atoms with van der Waals surface area (Å²) in [4.78, 5) is 0. The van der Waals surface area contributed by atoms with Gasteiger partial charge in [-0.15, -0.1) is 5.11 Å². The summed E-state index contributed by atoms with van der Waals surface area (Å²) in [7, 11) is 2.77. The number of rotatable bonds is 10. The first-order chi connectivity index (χ1) is 7.61. The molecule has 6 heteroatoms. The summed E-state index contributed by atoms with van der Waals surface area (Å²) in [5.41, 5.74) is 0. The summed E-state index contributed by atoms with van der Waals surface area (Å²) in [6.07, 6.45) is -2.18. The normalized spacial score (nSPS) is 17.1. The second-order valence-electron chi connectivity index (χ2n) is 2.89. The maximum Gasteiger partial charge on any atom is 0.439 e. The van der Waals surface area contributed by atoms with Crippen LogP contribution in [-0.4, -0.2) is 46.5 Å². The first kappa shape index (κ1) is 15.8. The molecule has 0 aromatic carbocycles. The Balaban J connectivity index is 3.83. The zero-order valence-electron chi connectivity index (χ0n) is 10.4. The number of ether oxygens (including phenoxy) is 5. The molecule has 0 spiro atoms. The van der Waals surface area contributed by atoms with E-state index in [1.54, 1.807) is 6.92 Å². The molecule has 0 aliphatic heterocycles. The van der Waals surface area contributed by atoms with Gasteiger partial charge >= 0.3 is 6.16 Å². The van der Waals surface area contributed by atoms with E-state index >= 15 is 0 Å². The molecule has 0 aromatic rings. The van der Waals surface area contributed by atoms with Gasteiger partial charge in [0.2, 0.25) is 0 Å². The van der Waals surface area contributed by atoms with E-state index in [9.17, 15) is 5.11 Å². The molecule has 97 valence electrons. The lowest BCUT2D eigenvalue weighted by Crippen LogP contribution is -2.37. The van der Waals surface area contributed by atoms with E-state index in [1.807, 2.05) is 6.92 Å². The van der Waals surface area contributed by atoms with Gasteiger partial charge in [0.25, 0.3) is 0 Å². The van der Waals surface area contributed by atoms with Crippen molar-refractivity contribution in [1.29, 1.82) is 0 Å². The largest absolute Gasteiger partial charge is 0.439 e. The summed E-state index contributed by atoms with van der Waals surface area (Å²) in [5, 5.41) is 11.6. The minimum absolute atomic E-state index is 0.135. The SMILES string of the molecule is CCOC(CCOC([O])(OC)OCC)OC. The third-order valence-corrected chi connectivity index (χ3v) is 1.82. The predicted molar refractivity (Wildman–Crippen MR) is 55.0 cm³/mol. The van der Waals surface area contributed by atoms with Crippen molar-refractivity contribution in [1.82, 2.24) is 0 Å². The Labute approximate surface area is 96.4 Å². The third-order valence-electron chi connectivity index (χ3n) is 1.82. The minimum Gasteiger partial charge on any atom is -0.356 e. The fraction of sp³-hybridized carbons (Fsp3) is 1.00. The summed E-state index contributed by atoms with van der Waals surface area (Å²) in [5.74, 6) is 0. The Bertz CT molecular complexity index is 165. The van der Waals surface area contributed by atoms with Crippen LogP contribution in [0.4, 0.5) is 0 Å². The van der Waals surface area contributed by atoms with Gasteiger partial charge in [-0.25, -0.2) is 0 Å². The summed E-state index contributed by atoms with van der Waals surface area (Å²) >= 11 is 0. The molecule has 0 amide bonds. The van der Waals surface area contributed by atoms with Crippen LogP contribution >= 0.6 is 0 Å². The smallest absolute Gasteiger partial charge is 0.356 e. The number of hydrogen-bond acceptors (Lipinski definition) is 5. The summed E-state index contributed by atoms with van der Waals surface area (Å²) in [6, 6.07) is 0. The average molecular weight is 237 g/mol. The van der Waals surface area contributed by atoms with E-state index in [-0.39, 0.29) is 19.5 Å². The van der Waals surface area contributed by atoms with Crippen molar-refractivity contribution in [2.24, 2.45) is 0 Å². The van der Waals surface area contributed by atoms with Gasteiger partial charge in [-0.3, -0.25) is 0 Å². The molecule has 2 atom stereocenters. The molecular formula is C10H21O6. The first-order valence-corrected chi connectivity index (χ1v) is 5.29. The monoisotopic (exact) mass is 237 g/mol. The second-order valence-corrected chi connectivity index (χ2v) is 2.89. The zero-order chi connectivity index (χ0) is 12.4. The average Bonchev–Trinajstić information content (AvgIpc) is 2.28. The highest BCUT2D eigenvalue weighted by molar-refractivity contribution is 4.44. The molecule has 0 heterocycles. The van der Waals surface area contributed by atoms with Crippen LogP contribution in [0.15, 0.2) is 0 Å². The van der Waals surface area contributed by atoms with Crippen LogP contribution < -0.4 is 0 Å². The Morgan fingerprint density at radius 3 is 2.25 bits per heavy atom. The molecule has 0 aromatic heterocycles. The van der Waals surface area contributed by atoms with Crippen molar-refractivity contribution in [2.75, 3.05) is 34.0 Å². The number of hydrogen-bond donors (Lipinski definition) is 0. The quantitative estimate of drug-likeness (QED) is 0.533. The minimum atomic E-state index is -2.24. The fourth-order valence-corrected chi connectivity index (χ4v) is 1.07. The van der Waals surface area contributed by atoms with Gasteiger partial charge in [0.1, 0.15) is 0 Å². The Hall–Kier alpha value is -0.240. The summed E-state index contributed by atoms with van der Waals surface area (Å²) in [6.45, 7) is 4.44. The van der Waals surface area contributed by atoms with Crippen LogP contribution in [0.1, 0.15) is 20.3 Å². The van der Waals surface area contributed by atoms with E-state index in [4.69, 9.17) is 18.9 Å². The van der Waals surface area contributed by atoms with Crippen molar-refractivity contribution in [3.63, 3.8) is 0 Å². The van der Waals surface area contributed by atoms with Crippen molar-refractivity contribution in [3.8, 4) is 0 Å².